The standard InChI is InChI=1S/C22H26N4OS/c1-2-23-22(25-14-15-28(27)17-18-8-4-3-5-9-18)26-16-19-12-13-24-21-11-7-6-10-20(19)21/h3-13H,2,14-17H2,1H3,(H2,23,25,26). The van der Waals surface area contributed by atoms with Crippen LogP contribution < -0.4 is 10.6 Å². The van der Waals surface area contributed by atoms with Crippen LogP contribution in [-0.4, -0.2) is 34.0 Å². The van der Waals surface area contributed by atoms with Crippen molar-refractivity contribution in [3.63, 3.8) is 0 Å². The van der Waals surface area contributed by atoms with Crippen LogP contribution >= 0.6 is 0 Å². The summed E-state index contributed by atoms with van der Waals surface area (Å²) in [5.74, 6) is 1.90. The summed E-state index contributed by atoms with van der Waals surface area (Å²) in [6, 6.07) is 20.0. The molecule has 0 aliphatic rings. The van der Waals surface area contributed by atoms with Gasteiger partial charge in [0.15, 0.2) is 5.96 Å². The van der Waals surface area contributed by atoms with Crippen LogP contribution in [0.15, 0.2) is 71.9 Å². The van der Waals surface area contributed by atoms with E-state index in [1.165, 1.54) is 0 Å². The van der Waals surface area contributed by atoms with E-state index in [9.17, 15) is 4.21 Å². The van der Waals surface area contributed by atoms with Gasteiger partial charge < -0.3 is 10.6 Å². The molecule has 0 radical (unpaired) electrons. The Hall–Kier alpha value is -2.73. The van der Waals surface area contributed by atoms with Crippen LogP contribution in [0.5, 0.6) is 0 Å². The normalized spacial score (nSPS) is 12.7. The smallest absolute Gasteiger partial charge is 0.191 e. The summed E-state index contributed by atoms with van der Waals surface area (Å²) >= 11 is 0. The first-order valence-electron chi connectivity index (χ1n) is 9.50. The minimum absolute atomic E-state index is 0.561. The highest BCUT2D eigenvalue weighted by Crippen LogP contribution is 2.16. The third-order valence-electron chi connectivity index (χ3n) is 4.28. The molecular formula is C22H26N4OS. The van der Waals surface area contributed by atoms with Crippen molar-refractivity contribution in [2.75, 3.05) is 18.8 Å². The molecule has 146 valence electrons. The molecule has 1 unspecified atom stereocenters. The number of nitrogens with zero attached hydrogens (tertiary/aromatic N) is 2. The van der Waals surface area contributed by atoms with E-state index in [0.29, 0.717) is 24.6 Å². The number of fused-ring (bicyclic) bond motifs is 1. The zero-order valence-electron chi connectivity index (χ0n) is 16.1. The molecule has 0 bridgehead atoms. The predicted octanol–water partition coefficient (Wildman–Crippen LogP) is 3.24. The third kappa shape index (κ3) is 5.89. The lowest BCUT2D eigenvalue weighted by Crippen LogP contribution is -2.39. The summed E-state index contributed by atoms with van der Waals surface area (Å²) in [6.45, 7) is 3.98. The summed E-state index contributed by atoms with van der Waals surface area (Å²) < 4.78 is 12.3. The summed E-state index contributed by atoms with van der Waals surface area (Å²) in [7, 11) is -0.903. The number of benzene rings is 2. The van der Waals surface area contributed by atoms with Gasteiger partial charge in [0.25, 0.3) is 0 Å². The number of aromatic nitrogens is 1. The third-order valence-corrected chi connectivity index (χ3v) is 5.60. The zero-order chi connectivity index (χ0) is 19.6. The Morgan fingerprint density at radius 3 is 2.64 bits per heavy atom. The maximum atomic E-state index is 12.3. The largest absolute Gasteiger partial charge is 0.357 e. The van der Waals surface area contributed by atoms with Gasteiger partial charge in [-0.25, -0.2) is 4.99 Å². The van der Waals surface area contributed by atoms with Crippen LogP contribution in [0.2, 0.25) is 0 Å². The second kappa shape index (κ2) is 10.6. The minimum Gasteiger partial charge on any atom is -0.357 e. The van der Waals surface area contributed by atoms with Crippen molar-refractivity contribution in [1.29, 1.82) is 0 Å². The molecule has 0 spiro atoms. The van der Waals surface area contributed by atoms with Gasteiger partial charge in [-0.3, -0.25) is 9.19 Å². The number of rotatable bonds is 8. The SMILES string of the molecule is CCNC(=NCc1ccnc2ccccc12)NCCS(=O)Cc1ccccc1. The Labute approximate surface area is 168 Å². The Morgan fingerprint density at radius 2 is 1.82 bits per heavy atom. The molecule has 28 heavy (non-hydrogen) atoms. The monoisotopic (exact) mass is 394 g/mol. The van der Waals surface area contributed by atoms with Crippen molar-refractivity contribution in [3.8, 4) is 0 Å². The first-order valence-corrected chi connectivity index (χ1v) is 11.0. The van der Waals surface area contributed by atoms with Gasteiger partial charge in [0.2, 0.25) is 0 Å². The van der Waals surface area contributed by atoms with Gasteiger partial charge in [-0.15, -0.1) is 0 Å². The Bertz CT molecular complexity index is 938. The van der Waals surface area contributed by atoms with E-state index in [1.807, 2.05) is 67.7 Å². The average molecular weight is 395 g/mol. The fraction of sp³-hybridized carbons (Fsp3) is 0.273. The fourth-order valence-electron chi connectivity index (χ4n) is 2.91. The molecule has 0 amide bonds. The first-order chi connectivity index (χ1) is 13.8. The lowest BCUT2D eigenvalue weighted by molar-refractivity contribution is 0.680. The van der Waals surface area contributed by atoms with E-state index >= 15 is 0 Å². The molecule has 5 nitrogen and oxygen atoms in total. The molecular weight excluding hydrogens is 368 g/mol. The average Bonchev–Trinajstić information content (AvgIpc) is 2.72. The van der Waals surface area contributed by atoms with Gasteiger partial charge in [0, 0.05) is 47.0 Å². The highest BCUT2D eigenvalue weighted by atomic mass is 32.2. The topological polar surface area (TPSA) is 66.4 Å². The van der Waals surface area contributed by atoms with Crippen molar-refractivity contribution in [1.82, 2.24) is 15.6 Å². The van der Waals surface area contributed by atoms with Gasteiger partial charge in [-0.2, -0.15) is 0 Å². The molecule has 3 aromatic rings. The number of aliphatic imine (C=N–C) groups is 1. The Balaban J connectivity index is 1.56. The van der Waals surface area contributed by atoms with E-state index < -0.39 is 10.8 Å². The van der Waals surface area contributed by atoms with Crippen molar-refractivity contribution in [2.45, 2.75) is 19.2 Å². The van der Waals surface area contributed by atoms with E-state index in [1.54, 1.807) is 0 Å². The molecule has 0 aliphatic carbocycles. The maximum Gasteiger partial charge on any atom is 0.191 e. The van der Waals surface area contributed by atoms with Crippen molar-refractivity contribution in [3.05, 3.63) is 78.0 Å². The molecule has 1 aromatic heterocycles. The number of pyridine rings is 1. The zero-order valence-corrected chi connectivity index (χ0v) is 16.9. The fourth-order valence-corrected chi connectivity index (χ4v) is 3.95. The van der Waals surface area contributed by atoms with Gasteiger partial charge in [0.1, 0.15) is 0 Å². The summed E-state index contributed by atoms with van der Waals surface area (Å²) in [5.41, 5.74) is 3.21. The summed E-state index contributed by atoms with van der Waals surface area (Å²) in [4.78, 5) is 9.08. The van der Waals surface area contributed by atoms with Gasteiger partial charge in [0.05, 0.1) is 12.1 Å². The van der Waals surface area contributed by atoms with Crippen LogP contribution in [0.1, 0.15) is 18.1 Å². The molecule has 2 N–H and O–H groups in total. The Kier molecular flexibility index (Phi) is 7.55. The number of hydrogen-bond donors (Lipinski definition) is 2. The highest BCUT2D eigenvalue weighted by molar-refractivity contribution is 7.84. The van der Waals surface area contributed by atoms with Crippen LogP contribution in [-0.2, 0) is 23.1 Å². The van der Waals surface area contributed by atoms with Crippen LogP contribution in [0, 0.1) is 0 Å². The quantitative estimate of drug-likeness (QED) is 0.455. The van der Waals surface area contributed by atoms with Crippen LogP contribution in [0.25, 0.3) is 10.9 Å². The lowest BCUT2D eigenvalue weighted by atomic mass is 10.1. The van der Waals surface area contributed by atoms with E-state index in [0.717, 1.165) is 34.5 Å². The van der Waals surface area contributed by atoms with Gasteiger partial charge in [-0.1, -0.05) is 48.5 Å². The molecule has 0 saturated carbocycles. The van der Waals surface area contributed by atoms with E-state index in [-0.39, 0.29) is 0 Å². The number of para-hydroxylation sites is 1. The molecule has 0 fully saturated rings. The molecule has 3 rings (SSSR count). The summed E-state index contributed by atoms with van der Waals surface area (Å²) in [5, 5.41) is 7.65. The Morgan fingerprint density at radius 1 is 1.04 bits per heavy atom. The second-order valence-electron chi connectivity index (χ2n) is 6.38. The number of guanidine groups is 1. The molecule has 2 aromatic carbocycles. The summed E-state index contributed by atoms with van der Waals surface area (Å²) in [6.07, 6.45) is 1.82. The van der Waals surface area contributed by atoms with Gasteiger partial charge in [-0.05, 0) is 30.2 Å². The van der Waals surface area contributed by atoms with Gasteiger partial charge >= 0.3 is 0 Å². The number of nitrogens with one attached hydrogen (secondary N) is 2. The molecule has 0 aliphatic heterocycles. The lowest BCUT2D eigenvalue weighted by Gasteiger charge is -2.12. The highest BCUT2D eigenvalue weighted by Gasteiger charge is 2.04. The molecule has 6 heteroatoms. The minimum atomic E-state index is -0.903. The number of hydrogen-bond acceptors (Lipinski definition) is 3. The molecule has 0 saturated heterocycles. The molecule has 1 heterocycles. The second-order valence-corrected chi connectivity index (χ2v) is 7.96. The van der Waals surface area contributed by atoms with E-state index in [2.05, 4.69) is 26.7 Å². The van der Waals surface area contributed by atoms with Crippen molar-refractivity contribution < 1.29 is 4.21 Å². The van der Waals surface area contributed by atoms with Crippen molar-refractivity contribution >= 4 is 27.7 Å². The first kappa shape index (κ1) is 20.0. The maximum absolute atomic E-state index is 12.3. The van der Waals surface area contributed by atoms with E-state index in [4.69, 9.17) is 0 Å². The predicted molar refractivity (Wildman–Crippen MR) is 118 cm³/mol. The van der Waals surface area contributed by atoms with Crippen molar-refractivity contribution in [2.24, 2.45) is 4.99 Å². The van der Waals surface area contributed by atoms with Crippen LogP contribution in [0.3, 0.4) is 0 Å². The molecule has 1 atom stereocenters. The van der Waals surface area contributed by atoms with Crippen LogP contribution in [0.4, 0.5) is 0 Å².